The van der Waals surface area contributed by atoms with Crippen LogP contribution in [0.4, 0.5) is 0 Å². The molecule has 1 atom stereocenters. The van der Waals surface area contributed by atoms with Crippen LogP contribution in [0.25, 0.3) is 10.9 Å². The molecule has 20 heavy (non-hydrogen) atoms. The zero-order chi connectivity index (χ0) is 13.8. The smallest absolute Gasteiger partial charge is 0.0892 e. The minimum Gasteiger partial charge on any atom is -0.282 e. The fraction of sp³-hybridized carbons (Fsp3) is 0.118. The number of rotatable bonds is 3. The van der Waals surface area contributed by atoms with Crippen LogP contribution in [0.2, 0.25) is 0 Å². The number of benzene rings is 1. The van der Waals surface area contributed by atoms with Gasteiger partial charge in [-0.3, -0.25) is 9.98 Å². The molecule has 0 amide bonds. The summed E-state index contributed by atoms with van der Waals surface area (Å²) in [6.07, 6.45) is 3.60. The van der Waals surface area contributed by atoms with E-state index in [-0.39, 0.29) is 6.04 Å². The van der Waals surface area contributed by atoms with Crippen LogP contribution in [0.1, 0.15) is 24.4 Å². The van der Waals surface area contributed by atoms with Gasteiger partial charge in [-0.2, -0.15) is 0 Å². The minimum atomic E-state index is 0.0319. The van der Waals surface area contributed by atoms with E-state index in [0.29, 0.717) is 0 Å². The quantitative estimate of drug-likeness (QED) is 0.672. The van der Waals surface area contributed by atoms with Gasteiger partial charge in [0.1, 0.15) is 0 Å². The highest BCUT2D eigenvalue weighted by molar-refractivity contribution is 5.85. The van der Waals surface area contributed by atoms with E-state index in [9.17, 15) is 0 Å². The monoisotopic (exact) mass is 261 g/mol. The summed E-state index contributed by atoms with van der Waals surface area (Å²) in [4.78, 5) is 13.4. The van der Waals surface area contributed by atoms with Gasteiger partial charge in [0.15, 0.2) is 0 Å². The average molecular weight is 261 g/mol. The van der Waals surface area contributed by atoms with Gasteiger partial charge < -0.3 is 0 Å². The third-order valence-electron chi connectivity index (χ3n) is 3.17. The third-order valence-corrected chi connectivity index (χ3v) is 3.17. The Morgan fingerprint density at radius 2 is 1.85 bits per heavy atom. The van der Waals surface area contributed by atoms with E-state index in [1.807, 2.05) is 55.6 Å². The van der Waals surface area contributed by atoms with Crippen molar-refractivity contribution in [2.45, 2.75) is 13.0 Å². The van der Waals surface area contributed by atoms with Crippen molar-refractivity contribution in [2.75, 3.05) is 0 Å². The van der Waals surface area contributed by atoms with Gasteiger partial charge in [0.2, 0.25) is 0 Å². The summed E-state index contributed by atoms with van der Waals surface area (Å²) in [5.74, 6) is 0. The highest BCUT2D eigenvalue weighted by Crippen LogP contribution is 2.14. The largest absolute Gasteiger partial charge is 0.282 e. The topological polar surface area (TPSA) is 38.1 Å². The Labute approximate surface area is 118 Å². The maximum absolute atomic E-state index is 4.57. The van der Waals surface area contributed by atoms with Gasteiger partial charge in [0.05, 0.1) is 22.9 Å². The lowest BCUT2D eigenvalue weighted by atomic mass is 10.2. The predicted octanol–water partition coefficient (Wildman–Crippen LogP) is 3.81. The van der Waals surface area contributed by atoms with Crippen molar-refractivity contribution in [3.8, 4) is 0 Å². The molecule has 0 saturated heterocycles. The molecule has 0 aliphatic rings. The summed E-state index contributed by atoms with van der Waals surface area (Å²) in [7, 11) is 0. The van der Waals surface area contributed by atoms with E-state index >= 15 is 0 Å². The Balaban J connectivity index is 1.83. The molecular weight excluding hydrogens is 246 g/mol. The number of para-hydroxylation sites is 1. The highest BCUT2D eigenvalue weighted by Gasteiger charge is 2.02. The number of hydrogen-bond donors (Lipinski definition) is 0. The van der Waals surface area contributed by atoms with Crippen LogP contribution in [-0.2, 0) is 0 Å². The summed E-state index contributed by atoms with van der Waals surface area (Å²) in [5.41, 5.74) is 2.82. The molecular formula is C17H15N3. The first-order chi connectivity index (χ1) is 9.83. The molecule has 0 N–H and O–H groups in total. The normalized spacial score (nSPS) is 12.8. The molecule has 1 unspecified atom stereocenters. The Morgan fingerprint density at radius 3 is 2.70 bits per heavy atom. The SMILES string of the molecule is CC(N=Cc1ccc2ccccc2n1)c1ccccn1. The number of nitrogens with zero attached hydrogens (tertiary/aromatic N) is 3. The standard InChI is InChI=1S/C17H15N3/c1-13(16-7-4-5-11-18-16)19-12-15-10-9-14-6-2-3-8-17(14)20-15/h2-13H,1H3. The third kappa shape index (κ3) is 2.72. The summed E-state index contributed by atoms with van der Waals surface area (Å²) in [6.45, 7) is 2.03. The summed E-state index contributed by atoms with van der Waals surface area (Å²) >= 11 is 0. The van der Waals surface area contributed by atoms with E-state index in [1.165, 1.54) is 0 Å². The predicted molar refractivity (Wildman–Crippen MR) is 82.0 cm³/mol. The first-order valence-corrected chi connectivity index (χ1v) is 6.63. The van der Waals surface area contributed by atoms with Crippen LogP contribution >= 0.6 is 0 Å². The van der Waals surface area contributed by atoms with E-state index in [1.54, 1.807) is 6.20 Å². The maximum Gasteiger partial charge on any atom is 0.0892 e. The van der Waals surface area contributed by atoms with Crippen molar-refractivity contribution in [1.82, 2.24) is 9.97 Å². The van der Waals surface area contributed by atoms with Crippen molar-refractivity contribution in [3.05, 3.63) is 72.2 Å². The summed E-state index contributed by atoms with van der Waals surface area (Å²) in [6, 6.07) is 18.0. The summed E-state index contributed by atoms with van der Waals surface area (Å²) < 4.78 is 0. The van der Waals surface area contributed by atoms with Crippen LogP contribution in [0.15, 0.2) is 65.8 Å². The molecule has 0 spiro atoms. The van der Waals surface area contributed by atoms with Crippen LogP contribution < -0.4 is 0 Å². The summed E-state index contributed by atoms with van der Waals surface area (Å²) in [5, 5.41) is 1.14. The van der Waals surface area contributed by atoms with Gasteiger partial charge in [-0.05, 0) is 31.2 Å². The number of pyridine rings is 2. The van der Waals surface area contributed by atoms with Crippen molar-refractivity contribution in [3.63, 3.8) is 0 Å². The molecule has 1 aromatic carbocycles. The first-order valence-electron chi connectivity index (χ1n) is 6.63. The number of aliphatic imine (C=N–C) groups is 1. The maximum atomic E-state index is 4.57. The van der Waals surface area contributed by atoms with Gasteiger partial charge in [0.25, 0.3) is 0 Å². The Hall–Kier alpha value is -2.55. The Morgan fingerprint density at radius 1 is 1.00 bits per heavy atom. The second-order valence-electron chi connectivity index (χ2n) is 4.64. The van der Waals surface area contributed by atoms with Crippen LogP contribution in [0, 0.1) is 0 Å². The molecule has 0 bridgehead atoms. The van der Waals surface area contributed by atoms with Gasteiger partial charge >= 0.3 is 0 Å². The molecule has 0 fully saturated rings. The van der Waals surface area contributed by atoms with Crippen molar-refractivity contribution in [1.29, 1.82) is 0 Å². The van der Waals surface area contributed by atoms with E-state index < -0.39 is 0 Å². The second kappa shape index (κ2) is 5.61. The zero-order valence-electron chi connectivity index (χ0n) is 11.3. The number of aromatic nitrogens is 2. The van der Waals surface area contributed by atoms with Crippen LogP contribution in [0.5, 0.6) is 0 Å². The molecule has 0 aliphatic carbocycles. The lowest BCUT2D eigenvalue weighted by Gasteiger charge is -2.04. The molecule has 3 rings (SSSR count). The lowest BCUT2D eigenvalue weighted by Crippen LogP contribution is -1.95. The molecule has 3 aromatic rings. The fourth-order valence-corrected chi connectivity index (χ4v) is 2.04. The average Bonchev–Trinajstić information content (AvgIpc) is 2.53. The molecule has 98 valence electrons. The molecule has 0 radical (unpaired) electrons. The fourth-order valence-electron chi connectivity index (χ4n) is 2.04. The van der Waals surface area contributed by atoms with Gasteiger partial charge in [0, 0.05) is 17.8 Å². The molecule has 2 aromatic heterocycles. The van der Waals surface area contributed by atoms with Gasteiger partial charge in [-0.15, -0.1) is 0 Å². The van der Waals surface area contributed by atoms with E-state index in [4.69, 9.17) is 0 Å². The van der Waals surface area contributed by atoms with Crippen molar-refractivity contribution < 1.29 is 0 Å². The molecule has 0 saturated carbocycles. The lowest BCUT2D eigenvalue weighted by molar-refractivity contribution is 0.787. The Bertz CT molecular complexity index is 735. The Kier molecular flexibility index (Phi) is 3.50. The van der Waals surface area contributed by atoms with E-state index in [2.05, 4.69) is 27.1 Å². The van der Waals surface area contributed by atoms with Crippen molar-refractivity contribution in [2.24, 2.45) is 4.99 Å². The zero-order valence-corrected chi connectivity index (χ0v) is 11.3. The van der Waals surface area contributed by atoms with Gasteiger partial charge in [-0.1, -0.05) is 30.3 Å². The van der Waals surface area contributed by atoms with E-state index in [0.717, 1.165) is 22.3 Å². The van der Waals surface area contributed by atoms with Crippen LogP contribution in [0.3, 0.4) is 0 Å². The van der Waals surface area contributed by atoms with Gasteiger partial charge in [-0.25, -0.2) is 4.98 Å². The highest BCUT2D eigenvalue weighted by atomic mass is 14.8. The number of fused-ring (bicyclic) bond motifs is 1. The molecule has 0 aliphatic heterocycles. The first kappa shape index (κ1) is 12.5. The molecule has 2 heterocycles. The second-order valence-corrected chi connectivity index (χ2v) is 4.64. The molecule has 3 heteroatoms. The minimum absolute atomic E-state index is 0.0319. The molecule has 3 nitrogen and oxygen atoms in total. The van der Waals surface area contributed by atoms with Crippen molar-refractivity contribution >= 4 is 17.1 Å². The van der Waals surface area contributed by atoms with Crippen LogP contribution in [-0.4, -0.2) is 16.2 Å². The number of hydrogen-bond acceptors (Lipinski definition) is 3.